The molecule has 2 amide bonds. The van der Waals surface area contributed by atoms with Gasteiger partial charge in [0.05, 0.1) is 41.2 Å². The SMILES string of the molecule is Cn1cc(-c2cc(F)c(NC(=O)NC[C@H]3c4ccccc4-c4cncn43)cc2Cl)cn1. The Kier molecular flexibility index (Phi) is 4.71. The van der Waals surface area contributed by atoms with Crippen LogP contribution in [0.25, 0.3) is 22.4 Å². The Bertz CT molecular complexity index is 1300. The van der Waals surface area contributed by atoms with Crippen molar-refractivity contribution in [2.75, 3.05) is 11.9 Å². The van der Waals surface area contributed by atoms with Crippen LogP contribution in [-0.2, 0) is 7.05 Å². The van der Waals surface area contributed by atoms with Crippen molar-refractivity contribution in [2.24, 2.45) is 7.05 Å². The lowest BCUT2D eigenvalue weighted by Crippen LogP contribution is -2.33. The molecule has 0 saturated carbocycles. The Morgan fingerprint density at radius 1 is 1.23 bits per heavy atom. The number of urea groups is 1. The number of halogens is 2. The third-order valence-corrected chi connectivity index (χ3v) is 5.69. The van der Waals surface area contributed by atoms with Crippen LogP contribution in [0.3, 0.4) is 0 Å². The van der Waals surface area contributed by atoms with Crippen molar-refractivity contribution in [3.63, 3.8) is 0 Å². The third-order valence-electron chi connectivity index (χ3n) is 5.37. The first-order valence-electron chi connectivity index (χ1n) is 9.65. The minimum absolute atomic E-state index is 0.00489. The number of carbonyl (C=O) groups is 1. The number of aryl methyl sites for hydroxylation is 1. The summed E-state index contributed by atoms with van der Waals surface area (Å²) < 4.78 is 18.3. The average molecular weight is 437 g/mol. The Hall–Kier alpha value is -3.65. The number of imidazole rings is 1. The summed E-state index contributed by atoms with van der Waals surface area (Å²) in [5.74, 6) is -0.582. The highest BCUT2D eigenvalue weighted by atomic mass is 35.5. The first-order valence-corrected chi connectivity index (χ1v) is 10.0. The van der Waals surface area contributed by atoms with Gasteiger partial charge in [0.1, 0.15) is 5.82 Å². The highest BCUT2D eigenvalue weighted by molar-refractivity contribution is 6.33. The van der Waals surface area contributed by atoms with Gasteiger partial charge in [-0.25, -0.2) is 14.2 Å². The van der Waals surface area contributed by atoms with Crippen molar-refractivity contribution in [3.8, 4) is 22.4 Å². The largest absolute Gasteiger partial charge is 0.335 e. The van der Waals surface area contributed by atoms with Gasteiger partial charge in [0.2, 0.25) is 0 Å². The van der Waals surface area contributed by atoms with Gasteiger partial charge < -0.3 is 15.2 Å². The molecule has 3 heterocycles. The molecule has 0 radical (unpaired) electrons. The van der Waals surface area contributed by atoms with E-state index in [9.17, 15) is 9.18 Å². The summed E-state index contributed by atoms with van der Waals surface area (Å²) in [6.07, 6.45) is 6.89. The molecule has 0 unspecified atom stereocenters. The second kappa shape index (κ2) is 7.55. The number of aromatic nitrogens is 4. The van der Waals surface area contributed by atoms with Gasteiger partial charge in [-0.2, -0.15) is 5.10 Å². The van der Waals surface area contributed by atoms with Crippen molar-refractivity contribution in [2.45, 2.75) is 6.04 Å². The molecule has 4 aromatic rings. The average Bonchev–Trinajstić information content (AvgIpc) is 3.45. The number of fused-ring (bicyclic) bond motifs is 3. The van der Waals surface area contributed by atoms with Gasteiger partial charge in [-0.05, 0) is 17.7 Å². The number of carbonyl (C=O) groups excluding carboxylic acids is 1. The Morgan fingerprint density at radius 2 is 2.06 bits per heavy atom. The molecule has 0 spiro atoms. The van der Waals surface area contributed by atoms with E-state index < -0.39 is 11.8 Å². The van der Waals surface area contributed by atoms with Crippen LogP contribution in [0, 0.1) is 5.82 Å². The number of rotatable bonds is 4. The topological polar surface area (TPSA) is 76.8 Å². The molecule has 7 nitrogen and oxygen atoms in total. The van der Waals surface area contributed by atoms with E-state index in [2.05, 4.69) is 20.7 Å². The molecule has 1 aliphatic rings. The Morgan fingerprint density at radius 3 is 2.87 bits per heavy atom. The summed E-state index contributed by atoms with van der Waals surface area (Å²) in [5.41, 5.74) is 4.41. The fraction of sp³-hybridized carbons (Fsp3) is 0.136. The number of hydrogen-bond donors (Lipinski definition) is 2. The molecule has 0 fully saturated rings. The van der Waals surface area contributed by atoms with E-state index in [0.717, 1.165) is 16.8 Å². The second-order valence-electron chi connectivity index (χ2n) is 7.34. The summed E-state index contributed by atoms with van der Waals surface area (Å²) in [6, 6.07) is 10.1. The predicted octanol–water partition coefficient (Wildman–Crippen LogP) is 4.47. The molecule has 0 bridgehead atoms. The van der Waals surface area contributed by atoms with E-state index in [1.165, 1.54) is 12.1 Å². The standard InChI is InChI=1S/C22H18ClFN6O/c1-29-11-13(8-27-29)16-6-18(24)19(7-17(16)23)28-22(31)26-10-21-15-5-3-2-4-14(15)20-9-25-12-30(20)21/h2-9,11-12,21H,10H2,1H3,(H2,26,28,31)/t21-/m0/s1. The summed E-state index contributed by atoms with van der Waals surface area (Å²) in [6.45, 7) is 0.329. The minimum atomic E-state index is -0.582. The highest BCUT2D eigenvalue weighted by Crippen LogP contribution is 2.38. The molecule has 9 heteroatoms. The van der Waals surface area contributed by atoms with Crippen LogP contribution in [0.5, 0.6) is 0 Å². The third kappa shape index (κ3) is 3.44. The lowest BCUT2D eigenvalue weighted by atomic mass is 10.0. The fourth-order valence-corrected chi connectivity index (χ4v) is 4.19. The maximum absolute atomic E-state index is 14.6. The number of benzene rings is 2. The molecule has 2 aromatic carbocycles. The minimum Gasteiger partial charge on any atom is -0.335 e. The van der Waals surface area contributed by atoms with E-state index in [1.54, 1.807) is 36.6 Å². The fourth-order valence-electron chi connectivity index (χ4n) is 3.92. The van der Waals surface area contributed by atoms with Crippen LogP contribution < -0.4 is 10.6 Å². The lowest BCUT2D eigenvalue weighted by molar-refractivity contribution is 0.251. The molecule has 0 saturated heterocycles. The Balaban J connectivity index is 1.30. The van der Waals surface area contributed by atoms with Crippen LogP contribution in [0.4, 0.5) is 14.9 Å². The van der Waals surface area contributed by atoms with E-state index in [0.29, 0.717) is 22.7 Å². The molecular formula is C22H18ClFN6O. The van der Waals surface area contributed by atoms with Crippen molar-refractivity contribution in [1.82, 2.24) is 24.6 Å². The van der Waals surface area contributed by atoms with Crippen molar-refractivity contribution in [1.29, 1.82) is 0 Å². The molecule has 1 aliphatic heterocycles. The Labute approximate surface area is 182 Å². The van der Waals surface area contributed by atoms with Gasteiger partial charge in [-0.15, -0.1) is 0 Å². The number of amides is 2. The van der Waals surface area contributed by atoms with Gasteiger partial charge in [0.15, 0.2) is 0 Å². The van der Waals surface area contributed by atoms with Crippen LogP contribution in [0.2, 0.25) is 5.02 Å². The molecule has 5 rings (SSSR count). The molecule has 2 N–H and O–H groups in total. The van der Waals surface area contributed by atoms with Crippen molar-refractivity contribution >= 4 is 23.3 Å². The molecule has 2 aromatic heterocycles. The zero-order valence-electron chi connectivity index (χ0n) is 16.5. The zero-order valence-corrected chi connectivity index (χ0v) is 17.3. The van der Waals surface area contributed by atoms with Crippen LogP contribution in [-0.4, -0.2) is 31.9 Å². The first-order chi connectivity index (χ1) is 15.0. The van der Waals surface area contributed by atoms with Gasteiger partial charge in [-0.3, -0.25) is 4.68 Å². The second-order valence-corrected chi connectivity index (χ2v) is 7.75. The summed E-state index contributed by atoms with van der Waals surface area (Å²) in [7, 11) is 1.77. The monoisotopic (exact) mass is 436 g/mol. The molecule has 156 valence electrons. The van der Waals surface area contributed by atoms with Gasteiger partial charge in [0.25, 0.3) is 0 Å². The quantitative estimate of drug-likeness (QED) is 0.495. The zero-order chi connectivity index (χ0) is 21.5. The molecule has 1 atom stereocenters. The summed E-state index contributed by atoms with van der Waals surface area (Å²) >= 11 is 6.32. The summed E-state index contributed by atoms with van der Waals surface area (Å²) in [4.78, 5) is 16.7. The molecular weight excluding hydrogens is 419 g/mol. The predicted molar refractivity (Wildman–Crippen MR) is 116 cm³/mol. The number of hydrogen-bond acceptors (Lipinski definition) is 3. The van der Waals surface area contributed by atoms with Crippen molar-refractivity contribution in [3.05, 3.63) is 77.7 Å². The van der Waals surface area contributed by atoms with E-state index in [4.69, 9.17) is 11.6 Å². The van der Waals surface area contributed by atoms with Gasteiger partial charge in [-0.1, -0.05) is 35.9 Å². The van der Waals surface area contributed by atoms with Crippen molar-refractivity contribution < 1.29 is 9.18 Å². The van der Waals surface area contributed by atoms with E-state index in [1.807, 2.05) is 28.8 Å². The maximum Gasteiger partial charge on any atom is 0.319 e. The normalized spacial score (nSPS) is 14.2. The smallest absolute Gasteiger partial charge is 0.319 e. The molecule has 31 heavy (non-hydrogen) atoms. The summed E-state index contributed by atoms with van der Waals surface area (Å²) in [5, 5.41) is 9.76. The lowest BCUT2D eigenvalue weighted by Gasteiger charge is -2.16. The molecule has 0 aliphatic carbocycles. The van der Waals surface area contributed by atoms with Gasteiger partial charge >= 0.3 is 6.03 Å². The van der Waals surface area contributed by atoms with E-state index in [-0.39, 0.29) is 11.7 Å². The first kappa shape index (κ1) is 19.3. The number of nitrogens with one attached hydrogen (secondary N) is 2. The van der Waals surface area contributed by atoms with Crippen LogP contribution in [0.15, 0.2) is 61.3 Å². The number of anilines is 1. The number of nitrogens with zero attached hydrogens (tertiary/aromatic N) is 4. The highest BCUT2D eigenvalue weighted by Gasteiger charge is 2.28. The van der Waals surface area contributed by atoms with E-state index >= 15 is 0 Å². The maximum atomic E-state index is 14.6. The van der Waals surface area contributed by atoms with Gasteiger partial charge in [0, 0.05) is 36.5 Å². The van der Waals surface area contributed by atoms with Crippen LogP contribution in [0.1, 0.15) is 11.6 Å². The van der Waals surface area contributed by atoms with Crippen LogP contribution >= 0.6 is 11.6 Å².